The standard InChI is InChI=1S/C14H9BrN2O5/c15-11-3-1-8(5-12(11)17(21)22)7-16-9-2-4-13(18)10(6-9)14(19)20/h1-7,18H,(H,19,20). The number of halogens is 1. The maximum Gasteiger partial charge on any atom is 0.339 e. The minimum absolute atomic E-state index is 0.0964. The maximum absolute atomic E-state index is 10.9. The van der Waals surface area contributed by atoms with Gasteiger partial charge in [0.15, 0.2) is 0 Å². The quantitative estimate of drug-likeness (QED) is 0.489. The highest BCUT2D eigenvalue weighted by Gasteiger charge is 2.12. The first-order chi connectivity index (χ1) is 10.4. The highest BCUT2D eigenvalue weighted by molar-refractivity contribution is 9.10. The highest BCUT2D eigenvalue weighted by atomic mass is 79.9. The molecule has 2 rings (SSSR count). The highest BCUT2D eigenvalue weighted by Crippen LogP contribution is 2.26. The van der Waals surface area contributed by atoms with Gasteiger partial charge in [-0.25, -0.2) is 4.79 Å². The fraction of sp³-hybridized carbons (Fsp3) is 0. The van der Waals surface area contributed by atoms with Crippen LogP contribution in [0, 0.1) is 10.1 Å². The zero-order chi connectivity index (χ0) is 16.3. The summed E-state index contributed by atoms with van der Waals surface area (Å²) in [4.78, 5) is 25.3. The number of nitro benzene ring substituents is 1. The van der Waals surface area contributed by atoms with E-state index in [0.717, 1.165) is 0 Å². The number of benzene rings is 2. The van der Waals surface area contributed by atoms with Gasteiger partial charge in [-0.3, -0.25) is 15.1 Å². The third-order valence-corrected chi connectivity index (χ3v) is 3.41. The molecule has 0 unspecified atom stereocenters. The molecule has 0 fully saturated rings. The molecular weight excluding hydrogens is 356 g/mol. The van der Waals surface area contributed by atoms with Gasteiger partial charge in [0, 0.05) is 12.3 Å². The first-order valence-electron chi connectivity index (χ1n) is 5.93. The number of hydrogen-bond donors (Lipinski definition) is 2. The van der Waals surface area contributed by atoms with Crippen LogP contribution in [0.15, 0.2) is 45.9 Å². The van der Waals surface area contributed by atoms with Crippen molar-refractivity contribution in [2.45, 2.75) is 0 Å². The number of nitrogens with zero attached hydrogens (tertiary/aromatic N) is 2. The second kappa shape index (κ2) is 6.35. The largest absolute Gasteiger partial charge is 0.507 e. The van der Waals surface area contributed by atoms with E-state index in [1.54, 1.807) is 6.07 Å². The summed E-state index contributed by atoms with van der Waals surface area (Å²) < 4.78 is 0.354. The molecular formula is C14H9BrN2O5. The number of hydrogen-bond acceptors (Lipinski definition) is 5. The van der Waals surface area contributed by atoms with E-state index in [4.69, 9.17) is 5.11 Å². The molecule has 0 heterocycles. The van der Waals surface area contributed by atoms with E-state index in [0.29, 0.717) is 15.7 Å². The second-order valence-corrected chi connectivity index (χ2v) is 5.09. The van der Waals surface area contributed by atoms with Crippen molar-refractivity contribution in [3.05, 3.63) is 62.1 Å². The van der Waals surface area contributed by atoms with Crippen LogP contribution in [-0.4, -0.2) is 27.3 Å². The van der Waals surface area contributed by atoms with Crippen LogP contribution < -0.4 is 0 Å². The summed E-state index contributed by atoms with van der Waals surface area (Å²) >= 11 is 3.08. The van der Waals surface area contributed by atoms with Crippen LogP contribution in [0.4, 0.5) is 11.4 Å². The van der Waals surface area contributed by atoms with Crippen molar-refractivity contribution in [2.24, 2.45) is 4.99 Å². The van der Waals surface area contributed by atoms with Gasteiger partial charge in [0.05, 0.1) is 15.1 Å². The van der Waals surface area contributed by atoms with Crippen molar-refractivity contribution >= 4 is 39.5 Å². The fourth-order valence-electron chi connectivity index (χ4n) is 1.67. The zero-order valence-corrected chi connectivity index (χ0v) is 12.5. The van der Waals surface area contributed by atoms with Gasteiger partial charge in [-0.2, -0.15) is 0 Å². The van der Waals surface area contributed by atoms with E-state index >= 15 is 0 Å². The summed E-state index contributed by atoms with van der Waals surface area (Å²) in [5, 5.41) is 29.2. The van der Waals surface area contributed by atoms with Crippen LogP contribution in [0.1, 0.15) is 15.9 Å². The van der Waals surface area contributed by atoms with Crippen LogP contribution in [-0.2, 0) is 0 Å². The van der Waals surface area contributed by atoms with Crippen molar-refractivity contribution < 1.29 is 19.9 Å². The average Bonchev–Trinajstić information content (AvgIpc) is 2.47. The molecule has 0 saturated heterocycles. The van der Waals surface area contributed by atoms with Gasteiger partial charge in [-0.1, -0.05) is 6.07 Å². The molecule has 0 aliphatic rings. The molecule has 0 saturated carbocycles. The van der Waals surface area contributed by atoms with Gasteiger partial charge in [0.25, 0.3) is 5.69 Å². The Bertz CT molecular complexity index is 723. The molecule has 0 atom stereocenters. The molecule has 0 spiro atoms. The van der Waals surface area contributed by atoms with Crippen LogP contribution >= 0.6 is 15.9 Å². The summed E-state index contributed by atoms with van der Waals surface area (Å²) in [7, 11) is 0. The van der Waals surface area contributed by atoms with Crippen LogP contribution in [0.3, 0.4) is 0 Å². The summed E-state index contributed by atoms with van der Waals surface area (Å²) in [6, 6.07) is 8.36. The molecule has 2 aromatic rings. The van der Waals surface area contributed by atoms with Crippen LogP contribution in [0.5, 0.6) is 5.75 Å². The summed E-state index contributed by atoms with van der Waals surface area (Å²) in [5.41, 5.74) is 0.429. The van der Waals surface area contributed by atoms with E-state index in [1.165, 1.54) is 36.5 Å². The molecule has 7 nitrogen and oxygen atoms in total. The van der Waals surface area contributed by atoms with Gasteiger partial charge >= 0.3 is 5.97 Å². The van der Waals surface area contributed by atoms with Gasteiger partial charge in [0.2, 0.25) is 0 Å². The lowest BCUT2D eigenvalue weighted by molar-refractivity contribution is -0.385. The molecule has 0 amide bonds. The summed E-state index contributed by atoms with van der Waals surface area (Å²) in [6.45, 7) is 0. The Morgan fingerprint density at radius 1 is 1.27 bits per heavy atom. The van der Waals surface area contributed by atoms with Crippen LogP contribution in [0.2, 0.25) is 0 Å². The lowest BCUT2D eigenvalue weighted by atomic mass is 10.2. The molecule has 22 heavy (non-hydrogen) atoms. The van der Waals surface area contributed by atoms with Crippen molar-refractivity contribution in [3.8, 4) is 5.75 Å². The summed E-state index contributed by atoms with van der Waals surface area (Å²) in [6.07, 6.45) is 1.37. The Balaban J connectivity index is 2.33. The SMILES string of the molecule is O=C(O)c1cc(N=Cc2ccc(Br)c([N+](=O)[O-])c2)ccc1O. The van der Waals surface area contributed by atoms with Gasteiger partial charge in [-0.15, -0.1) is 0 Å². The number of carboxylic acids is 1. The number of nitro groups is 1. The maximum atomic E-state index is 10.9. The number of aliphatic imine (C=N–C) groups is 1. The van der Waals surface area contributed by atoms with E-state index in [9.17, 15) is 20.0 Å². The molecule has 2 aromatic carbocycles. The monoisotopic (exact) mass is 364 g/mol. The normalized spacial score (nSPS) is 10.8. The van der Waals surface area contributed by atoms with E-state index < -0.39 is 10.9 Å². The minimum Gasteiger partial charge on any atom is -0.507 e. The molecule has 0 aliphatic heterocycles. The minimum atomic E-state index is -1.27. The number of carboxylic acid groups (broad SMARTS) is 1. The molecule has 8 heteroatoms. The number of aromatic hydroxyl groups is 1. The van der Waals surface area contributed by atoms with E-state index in [2.05, 4.69) is 20.9 Å². The van der Waals surface area contributed by atoms with E-state index in [-0.39, 0.29) is 17.0 Å². The number of carbonyl (C=O) groups is 1. The number of aromatic carboxylic acids is 1. The molecule has 0 radical (unpaired) electrons. The predicted molar refractivity (Wildman–Crippen MR) is 83.1 cm³/mol. The fourth-order valence-corrected chi connectivity index (χ4v) is 2.07. The molecule has 0 bridgehead atoms. The van der Waals surface area contributed by atoms with Gasteiger partial charge in [-0.05, 0) is 45.8 Å². The van der Waals surface area contributed by atoms with Crippen molar-refractivity contribution in [1.29, 1.82) is 0 Å². The Morgan fingerprint density at radius 2 is 2.00 bits per heavy atom. The Morgan fingerprint density at radius 3 is 2.64 bits per heavy atom. The van der Waals surface area contributed by atoms with Gasteiger partial charge < -0.3 is 10.2 Å². The van der Waals surface area contributed by atoms with Crippen molar-refractivity contribution in [1.82, 2.24) is 0 Å². The third kappa shape index (κ3) is 3.47. The topological polar surface area (TPSA) is 113 Å². The smallest absolute Gasteiger partial charge is 0.339 e. The zero-order valence-electron chi connectivity index (χ0n) is 10.9. The van der Waals surface area contributed by atoms with Gasteiger partial charge in [0.1, 0.15) is 11.3 Å². The lowest BCUT2D eigenvalue weighted by Gasteiger charge is -2.01. The van der Waals surface area contributed by atoms with Crippen molar-refractivity contribution in [2.75, 3.05) is 0 Å². The second-order valence-electron chi connectivity index (χ2n) is 4.23. The average molecular weight is 365 g/mol. The number of rotatable bonds is 4. The Hall–Kier alpha value is -2.74. The first kappa shape index (κ1) is 15.6. The van der Waals surface area contributed by atoms with Crippen LogP contribution in [0.25, 0.3) is 0 Å². The first-order valence-corrected chi connectivity index (χ1v) is 6.72. The lowest BCUT2D eigenvalue weighted by Crippen LogP contribution is -1.96. The molecule has 2 N–H and O–H groups in total. The number of phenols is 1. The Kier molecular flexibility index (Phi) is 4.52. The van der Waals surface area contributed by atoms with E-state index in [1.807, 2.05) is 0 Å². The van der Waals surface area contributed by atoms with Crippen molar-refractivity contribution in [3.63, 3.8) is 0 Å². The predicted octanol–water partition coefficient (Wildman–Crippen LogP) is 3.51. The summed E-state index contributed by atoms with van der Waals surface area (Å²) in [5.74, 6) is -1.63. The molecule has 112 valence electrons. The third-order valence-electron chi connectivity index (χ3n) is 2.74. The molecule has 0 aromatic heterocycles. The Labute approximate surface area is 132 Å². The molecule has 0 aliphatic carbocycles.